The summed E-state index contributed by atoms with van der Waals surface area (Å²) in [6, 6.07) is 18.0. The van der Waals surface area contributed by atoms with Crippen molar-refractivity contribution in [2.45, 2.75) is 169 Å². The summed E-state index contributed by atoms with van der Waals surface area (Å²) in [5.41, 5.74) is 3.90. The van der Waals surface area contributed by atoms with Crippen LogP contribution in [-0.4, -0.2) is 34.2 Å². The number of hydrogen-bond acceptors (Lipinski definition) is 8. The monoisotopic (exact) mass is 959 g/mol. The molecular formula is C54H68F6N2O6. The highest BCUT2D eigenvalue weighted by molar-refractivity contribution is 5.98. The molecule has 0 radical (unpaired) electrons. The van der Waals surface area contributed by atoms with Gasteiger partial charge in [0.1, 0.15) is 13.1 Å². The van der Waals surface area contributed by atoms with E-state index >= 15 is 0 Å². The standard InChI is InChI=1S/C25H30F3NO2.C18H24F3NO2.C11H14O2/c1-3-19-14-21(10-11-22(19)15-30)17(2)29-31-16-18-9-12-23(20-7-5-4-6-8-20)24(13-18)25(26,27)28;1-3-23-13(2)22-24-12-14-9-10-16(15-7-5-4-6-8-15)17(11-14)18(19,20)21;1-3-9-6-10(8(2)13)4-5-11(9)7-12/h9-14,20,30H,3-8,15-16H2,1-2H3;9-11,15H,3-8,12H2,1-2H3;4-6,12H,3,7H2,1-2H3/b29-17+;22-13-;/i16D2;12D2;. The van der Waals surface area contributed by atoms with Gasteiger partial charge in [0, 0.05) is 12.5 Å². The van der Waals surface area contributed by atoms with E-state index in [1.165, 1.54) is 31.2 Å². The number of aliphatic hydroxyl groups excluding tert-OH is 2. The first-order valence-corrected chi connectivity index (χ1v) is 23.4. The molecule has 372 valence electrons. The lowest BCUT2D eigenvalue weighted by Gasteiger charge is -2.25. The quantitative estimate of drug-likeness (QED) is 0.0404. The number of carbonyl (C=O) groups excluding carboxylic acids is 1. The number of carbonyl (C=O) groups is 1. The van der Waals surface area contributed by atoms with Crippen LogP contribution in [0.1, 0.15) is 195 Å². The molecule has 0 amide bonds. The molecule has 8 nitrogen and oxygen atoms in total. The van der Waals surface area contributed by atoms with Gasteiger partial charge in [0.15, 0.2) is 5.78 Å². The Labute approximate surface area is 403 Å². The Morgan fingerprint density at radius 3 is 1.43 bits per heavy atom. The molecule has 2 aliphatic carbocycles. The Bertz CT molecular complexity index is 2470. The first-order chi connectivity index (χ1) is 33.9. The minimum atomic E-state index is -4.58. The van der Waals surface area contributed by atoms with Crippen LogP contribution in [0.2, 0.25) is 0 Å². The summed E-state index contributed by atoms with van der Waals surface area (Å²) in [6.07, 6.45) is 1.01. The van der Waals surface area contributed by atoms with Gasteiger partial charge in [-0.1, -0.05) is 111 Å². The molecule has 4 aromatic carbocycles. The lowest BCUT2D eigenvalue weighted by atomic mass is 9.81. The Morgan fingerprint density at radius 1 is 0.603 bits per heavy atom. The number of oxime groups is 2. The zero-order valence-corrected chi connectivity index (χ0v) is 39.9. The molecule has 68 heavy (non-hydrogen) atoms. The number of aryl methyl sites for hydroxylation is 2. The fourth-order valence-corrected chi connectivity index (χ4v) is 8.50. The van der Waals surface area contributed by atoms with Crippen molar-refractivity contribution < 1.29 is 61.2 Å². The van der Waals surface area contributed by atoms with Crippen molar-refractivity contribution in [1.29, 1.82) is 0 Å². The topological polar surface area (TPSA) is 110 Å². The summed E-state index contributed by atoms with van der Waals surface area (Å²) in [5.74, 6) is -0.129. The number of alkyl halides is 6. The third-order valence-electron chi connectivity index (χ3n) is 12.2. The molecule has 0 unspecified atom stereocenters. The number of halogens is 6. The van der Waals surface area contributed by atoms with E-state index in [1.54, 1.807) is 39.0 Å². The summed E-state index contributed by atoms with van der Waals surface area (Å²) in [4.78, 5) is 21.0. The molecule has 2 fully saturated rings. The number of rotatable bonds is 15. The minimum Gasteiger partial charge on any atom is -0.479 e. The average molecular weight is 959 g/mol. The molecule has 0 spiro atoms. The van der Waals surface area contributed by atoms with Crippen molar-refractivity contribution in [3.05, 3.63) is 140 Å². The lowest BCUT2D eigenvalue weighted by molar-refractivity contribution is -0.139. The summed E-state index contributed by atoms with van der Waals surface area (Å²) in [6.45, 7) is 5.61. The van der Waals surface area contributed by atoms with E-state index in [-0.39, 0.29) is 59.0 Å². The van der Waals surface area contributed by atoms with Crippen molar-refractivity contribution in [2.24, 2.45) is 10.3 Å². The smallest absolute Gasteiger partial charge is 0.416 e. The highest BCUT2D eigenvalue weighted by Gasteiger charge is 2.37. The van der Waals surface area contributed by atoms with Crippen LogP contribution >= 0.6 is 0 Å². The zero-order chi connectivity index (χ0) is 53.4. The first kappa shape index (κ1) is 49.2. The van der Waals surface area contributed by atoms with Crippen LogP contribution in [-0.2, 0) is 65.9 Å². The summed E-state index contributed by atoms with van der Waals surface area (Å²) in [7, 11) is 0. The minimum absolute atomic E-state index is 0.0430. The molecule has 14 heteroatoms. The van der Waals surface area contributed by atoms with Crippen LogP contribution in [0.4, 0.5) is 26.3 Å². The Hall–Kier alpha value is -5.21. The SMILES string of the molecule is CCc1cc(C(C)=O)ccc1CO.[2H]C([2H])(O/N=C(/C)OCC)c1ccc(C2CCCCC2)c(C(F)(F)F)c1.[2H]C([2H])(O/N=C(\C)c1ccc(CO)c(CC)c1)c1ccc(C2CCCCC2)c(C(F)(F)F)c1. The Balaban J connectivity index is 0.000000256. The van der Waals surface area contributed by atoms with Crippen LogP contribution in [0.5, 0.6) is 0 Å². The summed E-state index contributed by atoms with van der Waals surface area (Å²) >= 11 is 0. The van der Waals surface area contributed by atoms with E-state index in [1.807, 2.05) is 32.0 Å². The number of hydrogen-bond donors (Lipinski definition) is 2. The van der Waals surface area contributed by atoms with E-state index in [4.69, 9.17) is 25.0 Å². The molecule has 0 aliphatic heterocycles. The second-order valence-electron chi connectivity index (χ2n) is 16.9. The van der Waals surface area contributed by atoms with E-state index in [9.17, 15) is 36.2 Å². The number of ketones is 1. The number of ether oxygens (including phenoxy) is 1. The molecule has 0 atom stereocenters. The maximum atomic E-state index is 13.8. The fourth-order valence-electron chi connectivity index (χ4n) is 8.50. The molecule has 2 saturated carbocycles. The molecule has 4 aromatic rings. The van der Waals surface area contributed by atoms with E-state index in [2.05, 4.69) is 10.3 Å². The molecule has 6 rings (SSSR count). The van der Waals surface area contributed by atoms with Gasteiger partial charge < -0.3 is 24.6 Å². The van der Waals surface area contributed by atoms with Crippen molar-refractivity contribution in [3.63, 3.8) is 0 Å². The largest absolute Gasteiger partial charge is 0.479 e. The molecule has 0 heterocycles. The predicted molar refractivity (Wildman–Crippen MR) is 255 cm³/mol. The van der Waals surface area contributed by atoms with Gasteiger partial charge in [-0.2, -0.15) is 26.3 Å². The van der Waals surface area contributed by atoms with Gasteiger partial charge in [-0.05, 0) is 145 Å². The molecule has 0 aromatic heterocycles. The highest BCUT2D eigenvalue weighted by atomic mass is 19.4. The lowest BCUT2D eigenvalue weighted by Crippen LogP contribution is -2.15. The number of Topliss-reactive ketones (excluding diaryl/α,β-unsaturated/α-hetero) is 1. The van der Waals surface area contributed by atoms with Crippen LogP contribution in [0.15, 0.2) is 83.1 Å². The molecule has 0 bridgehead atoms. The molecule has 0 saturated heterocycles. The van der Waals surface area contributed by atoms with Gasteiger partial charge in [0.25, 0.3) is 0 Å². The summed E-state index contributed by atoms with van der Waals surface area (Å²) < 4.78 is 120. The van der Waals surface area contributed by atoms with Crippen LogP contribution < -0.4 is 0 Å². The normalized spacial score (nSPS) is 16.4. The molecule has 2 aliphatic rings. The maximum Gasteiger partial charge on any atom is 0.416 e. The molecule has 2 N–H and O–H groups in total. The zero-order valence-electron chi connectivity index (χ0n) is 43.9. The predicted octanol–water partition coefficient (Wildman–Crippen LogP) is 14.3. The average Bonchev–Trinajstić information content (AvgIpc) is 3.37. The first-order valence-electron chi connectivity index (χ1n) is 25.4. The van der Waals surface area contributed by atoms with Crippen LogP contribution in [0, 0.1) is 0 Å². The van der Waals surface area contributed by atoms with Gasteiger partial charge in [-0.25, -0.2) is 0 Å². The molecular weight excluding hydrogens is 887 g/mol. The van der Waals surface area contributed by atoms with Crippen molar-refractivity contribution in [1.82, 2.24) is 0 Å². The van der Waals surface area contributed by atoms with Crippen molar-refractivity contribution >= 4 is 17.4 Å². The van der Waals surface area contributed by atoms with E-state index < -0.39 is 36.6 Å². The second kappa shape index (κ2) is 27.1. The van der Waals surface area contributed by atoms with Crippen molar-refractivity contribution in [2.75, 3.05) is 6.61 Å². The number of nitrogens with zero attached hydrogens (tertiary/aromatic N) is 2. The third kappa shape index (κ3) is 16.8. The van der Waals surface area contributed by atoms with Crippen LogP contribution in [0.25, 0.3) is 0 Å². The van der Waals surface area contributed by atoms with Gasteiger partial charge in [0.2, 0.25) is 5.90 Å². The summed E-state index contributed by atoms with van der Waals surface area (Å²) in [5, 5.41) is 25.8. The van der Waals surface area contributed by atoms with Gasteiger partial charge in [-0.3, -0.25) is 4.79 Å². The van der Waals surface area contributed by atoms with Crippen LogP contribution in [0.3, 0.4) is 0 Å². The van der Waals surface area contributed by atoms with Gasteiger partial charge in [0.05, 0.1) is 42.1 Å². The van der Waals surface area contributed by atoms with E-state index in [0.717, 1.165) is 92.2 Å². The fraction of sp³-hybridized carbons (Fsp3) is 0.500. The number of benzene rings is 4. The second-order valence-corrected chi connectivity index (χ2v) is 16.9. The highest BCUT2D eigenvalue weighted by Crippen LogP contribution is 2.42. The van der Waals surface area contributed by atoms with Gasteiger partial charge in [-0.15, -0.1) is 0 Å². The van der Waals surface area contributed by atoms with Crippen molar-refractivity contribution in [3.8, 4) is 0 Å². The van der Waals surface area contributed by atoms with E-state index in [0.29, 0.717) is 42.7 Å². The third-order valence-corrected chi connectivity index (χ3v) is 12.2. The Morgan fingerprint density at radius 2 is 1.03 bits per heavy atom. The number of aliphatic hydroxyl groups is 2. The van der Waals surface area contributed by atoms with Gasteiger partial charge >= 0.3 is 12.4 Å². The Kier molecular flexibility index (Phi) is 19.6. The maximum absolute atomic E-state index is 13.8.